The minimum Gasteiger partial charge on any atom is -0.501 e. The third-order valence-electron chi connectivity index (χ3n) is 1.00. The lowest BCUT2D eigenvalue weighted by Crippen LogP contribution is -2.09. The molecule has 0 fully saturated rings. The van der Waals surface area contributed by atoms with Gasteiger partial charge in [0.05, 0.1) is 0 Å². The number of Topliss-reactive ketones (excluding diaryl/α,β-unsaturated/α-hetero) is 1. The highest BCUT2D eigenvalue weighted by molar-refractivity contribution is 6.43. The van der Waals surface area contributed by atoms with Crippen LogP contribution >= 0.6 is 0 Å². The fourth-order valence-electron chi connectivity index (χ4n) is 0.532. The van der Waals surface area contributed by atoms with Gasteiger partial charge in [0.15, 0.2) is 0 Å². The van der Waals surface area contributed by atoms with Crippen LogP contribution in [0.15, 0.2) is 11.5 Å². The monoisotopic (exact) mass is 158 g/mol. The van der Waals surface area contributed by atoms with Crippen LogP contribution < -0.4 is 0 Å². The van der Waals surface area contributed by atoms with Crippen molar-refractivity contribution in [2.45, 2.75) is 0 Å². The van der Waals surface area contributed by atoms with Gasteiger partial charge in [-0.1, -0.05) is 0 Å². The summed E-state index contributed by atoms with van der Waals surface area (Å²) in [6.45, 7) is 0. The molecule has 6 nitrogen and oxygen atoms in total. The summed E-state index contributed by atoms with van der Waals surface area (Å²) in [4.78, 5) is 30.7. The molecule has 2 N–H and O–H groups in total. The molecule has 1 rings (SSSR count). The molecule has 0 atom stereocenters. The van der Waals surface area contributed by atoms with Gasteiger partial charge >= 0.3 is 17.7 Å². The third kappa shape index (κ3) is 0.936. The van der Waals surface area contributed by atoms with Gasteiger partial charge in [-0.15, -0.1) is 0 Å². The van der Waals surface area contributed by atoms with Crippen LogP contribution in [0.1, 0.15) is 0 Å². The van der Waals surface area contributed by atoms with Crippen LogP contribution in [0.25, 0.3) is 0 Å². The molecule has 1 aliphatic heterocycles. The van der Waals surface area contributed by atoms with E-state index in [1.54, 1.807) is 0 Å². The summed E-state index contributed by atoms with van der Waals surface area (Å²) < 4.78 is 3.89. The smallest absolute Gasteiger partial charge is 0.388 e. The lowest BCUT2D eigenvalue weighted by Gasteiger charge is -1.90. The number of rotatable bonds is 1. The Hall–Kier alpha value is -1.85. The fraction of sp³-hybridized carbons (Fsp3) is 0. The Morgan fingerprint density at radius 1 is 1.36 bits per heavy atom. The first-order chi connectivity index (χ1) is 5.04. The van der Waals surface area contributed by atoms with E-state index in [0.29, 0.717) is 0 Å². The normalized spacial score (nSPS) is 17.1. The quantitative estimate of drug-likeness (QED) is 0.373. The topological polar surface area (TPSA) is 101 Å². The van der Waals surface area contributed by atoms with E-state index < -0.39 is 29.2 Å². The molecule has 0 aromatic rings. The van der Waals surface area contributed by atoms with E-state index in [1.165, 1.54) is 0 Å². The minimum atomic E-state index is -1.65. The first-order valence-corrected chi connectivity index (χ1v) is 2.47. The number of aliphatic hydroxyl groups excluding tert-OH is 1. The molecule has 1 aliphatic rings. The van der Waals surface area contributed by atoms with Gasteiger partial charge in [0.2, 0.25) is 5.76 Å². The Balaban J connectivity index is 3.08. The summed E-state index contributed by atoms with van der Waals surface area (Å²) in [7, 11) is 0. The largest absolute Gasteiger partial charge is 0.501 e. The Morgan fingerprint density at radius 2 is 1.91 bits per heavy atom. The first kappa shape index (κ1) is 7.26. The average Bonchev–Trinajstić information content (AvgIpc) is 2.17. The SMILES string of the molecule is O=C(O)C1=C(O)C(=O)C(=O)O1. The highest BCUT2D eigenvalue weighted by atomic mass is 16.6. The number of hydrogen-bond acceptors (Lipinski definition) is 5. The van der Waals surface area contributed by atoms with Crippen molar-refractivity contribution in [3.8, 4) is 0 Å². The molecular formula is C5H2O6. The number of aliphatic carboxylic acids is 1. The molecule has 6 heteroatoms. The van der Waals surface area contributed by atoms with E-state index >= 15 is 0 Å². The second-order valence-electron chi connectivity index (χ2n) is 1.70. The van der Waals surface area contributed by atoms with Crippen molar-refractivity contribution in [1.82, 2.24) is 0 Å². The predicted molar refractivity (Wildman–Crippen MR) is 28.4 cm³/mol. The van der Waals surface area contributed by atoms with E-state index in [-0.39, 0.29) is 0 Å². The number of aliphatic hydroxyl groups is 1. The Bertz CT molecular complexity index is 285. The van der Waals surface area contributed by atoms with Crippen LogP contribution in [-0.2, 0) is 19.1 Å². The maximum atomic E-state index is 10.4. The number of carbonyl (C=O) groups is 3. The zero-order valence-electron chi connectivity index (χ0n) is 5.03. The van der Waals surface area contributed by atoms with Gasteiger partial charge in [0, 0.05) is 0 Å². The Labute approximate surface area is 59.7 Å². The van der Waals surface area contributed by atoms with E-state index in [9.17, 15) is 14.4 Å². The molecule has 0 unspecified atom stereocenters. The van der Waals surface area contributed by atoms with Gasteiger partial charge in [-0.05, 0) is 0 Å². The number of ketones is 1. The molecule has 0 aliphatic carbocycles. The van der Waals surface area contributed by atoms with E-state index in [4.69, 9.17) is 10.2 Å². The van der Waals surface area contributed by atoms with Crippen LogP contribution in [0.5, 0.6) is 0 Å². The number of carboxylic acid groups (broad SMARTS) is 1. The maximum absolute atomic E-state index is 10.4. The highest BCUT2D eigenvalue weighted by Crippen LogP contribution is 2.14. The highest BCUT2D eigenvalue weighted by Gasteiger charge is 2.37. The van der Waals surface area contributed by atoms with Crippen LogP contribution in [0, 0.1) is 0 Å². The van der Waals surface area contributed by atoms with E-state index in [1.807, 2.05) is 0 Å². The van der Waals surface area contributed by atoms with Gasteiger partial charge in [0.25, 0.3) is 5.76 Å². The molecular weight excluding hydrogens is 156 g/mol. The summed E-state index contributed by atoms with van der Waals surface area (Å²) in [5.41, 5.74) is 0. The van der Waals surface area contributed by atoms with Gasteiger partial charge in [0.1, 0.15) is 0 Å². The van der Waals surface area contributed by atoms with Crippen molar-refractivity contribution >= 4 is 17.7 Å². The fourth-order valence-corrected chi connectivity index (χ4v) is 0.532. The van der Waals surface area contributed by atoms with Crippen LogP contribution in [0.3, 0.4) is 0 Å². The molecule has 1 heterocycles. The number of ether oxygens (including phenoxy) is 1. The van der Waals surface area contributed by atoms with Crippen LogP contribution in [0.4, 0.5) is 0 Å². The second kappa shape index (κ2) is 2.08. The van der Waals surface area contributed by atoms with E-state index in [0.717, 1.165) is 0 Å². The van der Waals surface area contributed by atoms with Gasteiger partial charge in [-0.3, -0.25) is 4.79 Å². The summed E-state index contributed by atoms with van der Waals surface area (Å²) in [6, 6.07) is 0. The number of hydrogen-bond donors (Lipinski definition) is 2. The molecule has 0 bridgehead atoms. The zero-order chi connectivity index (χ0) is 8.59. The van der Waals surface area contributed by atoms with Crippen LogP contribution in [0.2, 0.25) is 0 Å². The van der Waals surface area contributed by atoms with E-state index in [2.05, 4.69) is 4.74 Å². The average molecular weight is 158 g/mol. The Kier molecular flexibility index (Phi) is 1.37. The molecule has 0 aromatic heterocycles. The summed E-state index contributed by atoms with van der Waals surface area (Å²) in [5.74, 6) is -6.52. The lowest BCUT2D eigenvalue weighted by atomic mass is 10.3. The number of esters is 1. The van der Waals surface area contributed by atoms with Crippen molar-refractivity contribution in [2.24, 2.45) is 0 Å². The minimum absolute atomic E-state index is 1.01. The molecule has 58 valence electrons. The van der Waals surface area contributed by atoms with Crippen molar-refractivity contribution in [2.75, 3.05) is 0 Å². The molecule has 0 aromatic carbocycles. The number of carbonyl (C=O) groups excluding carboxylic acids is 2. The lowest BCUT2D eigenvalue weighted by molar-refractivity contribution is -0.150. The van der Waals surface area contributed by atoms with Crippen molar-refractivity contribution in [1.29, 1.82) is 0 Å². The molecule has 0 saturated carbocycles. The summed E-state index contributed by atoms with van der Waals surface area (Å²) in [5, 5.41) is 16.8. The van der Waals surface area contributed by atoms with Crippen LogP contribution in [-0.4, -0.2) is 27.9 Å². The maximum Gasteiger partial charge on any atom is 0.388 e. The van der Waals surface area contributed by atoms with Gasteiger partial charge in [-0.2, -0.15) is 0 Å². The number of carboxylic acids is 1. The first-order valence-electron chi connectivity index (χ1n) is 2.47. The van der Waals surface area contributed by atoms with Crippen molar-refractivity contribution < 1.29 is 29.3 Å². The standard InChI is InChI=1S/C5H2O6/c6-1-2(7)5(10)11-3(1)4(8)9/h6H,(H,8,9). The van der Waals surface area contributed by atoms with Crippen molar-refractivity contribution in [3.63, 3.8) is 0 Å². The Morgan fingerprint density at radius 3 is 2.09 bits per heavy atom. The molecule has 11 heavy (non-hydrogen) atoms. The number of cyclic esters (lactones) is 1. The summed E-state index contributed by atoms with van der Waals surface area (Å²) >= 11 is 0. The third-order valence-corrected chi connectivity index (χ3v) is 1.00. The second-order valence-corrected chi connectivity index (χ2v) is 1.70. The van der Waals surface area contributed by atoms with Gasteiger partial charge in [-0.25, -0.2) is 9.59 Å². The molecule has 0 amide bonds. The predicted octanol–water partition coefficient (Wildman–Crippen LogP) is -1.03. The molecule has 0 saturated heterocycles. The zero-order valence-corrected chi connectivity index (χ0v) is 5.03. The summed E-state index contributed by atoms with van der Waals surface area (Å²) in [6.07, 6.45) is 0. The van der Waals surface area contributed by atoms with Gasteiger partial charge < -0.3 is 14.9 Å². The molecule has 0 radical (unpaired) electrons. The van der Waals surface area contributed by atoms with Crippen molar-refractivity contribution in [3.05, 3.63) is 11.5 Å². The molecule has 0 spiro atoms.